The van der Waals surface area contributed by atoms with E-state index < -0.39 is 0 Å². The van der Waals surface area contributed by atoms with Crippen LogP contribution in [0.25, 0.3) is 10.6 Å². The number of nitrogens with one attached hydrogen (secondary N) is 2. The van der Waals surface area contributed by atoms with Gasteiger partial charge in [-0.05, 0) is 24.3 Å². The topological polar surface area (TPSA) is 72.5 Å². The molecule has 2 rings (SSSR count). The maximum atomic E-state index is 12.1. The van der Waals surface area contributed by atoms with Gasteiger partial charge in [0.1, 0.15) is 15.6 Å². The Labute approximate surface area is 139 Å². The average molecular weight is 335 g/mol. The van der Waals surface area contributed by atoms with E-state index in [9.17, 15) is 4.79 Å². The van der Waals surface area contributed by atoms with Crippen LogP contribution in [0.15, 0.2) is 30.5 Å². The van der Waals surface area contributed by atoms with E-state index >= 15 is 0 Å². The largest absolute Gasteiger partial charge is 0.497 e. The molecule has 7 heteroatoms. The van der Waals surface area contributed by atoms with Crippen molar-refractivity contribution in [2.24, 2.45) is 0 Å². The second-order valence-corrected chi connectivity index (χ2v) is 5.79. The number of thiazole rings is 1. The summed E-state index contributed by atoms with van der Waals surface area (Å²) < 4.78 is 10.1. The summed E-state index contributed by atoms with van der Waals surface area (Å²) in [4.78, 5) is 17.0. The second-order valence-electron chi connectivity index (χ2n) is 4.76. The number of benzene rings is 1. The predicted octanol–water partition coefficient (Wildman–Crippen LogP) is 1.78. The fourth-order valence-corrected chi connectivity index (χ4v) is 2.73. The van der Waals surface area contributed by atoms with Gasteiger partial charge < -0.3 is 20.1 Å². The number of carbonyl (C=O) groups is 1. The van der Waals surface area contributed by atoms with Crippen LogP contribution in [0.2, 0.25) is 0 Å². The van der Waals surface area contributed by atoms with Crippen LogP contribution < -0.4 is 15.4 Å². The molecular weight excluding hydrogens is 314 g/mol. The Kier molecular flexibility index (Phi) is 6.99. The molecule has 0 aliphatic rings. The van der Waals surface area contributed by atoms with E-state index in [1.165, 1.54) is 11.3 Å². The van der Waals surface area contributed by atoms with Crippen molar-refractivity contribution in [2.45, 2.75) is 0 Å². The van der Waals surface area contributed by atoms with Gasteiger partial charge >= 0.3 is 0 Å². The number of hydrogen-bond donors (Lipinski definition) is 2. The molecule has 0 atom stereocenters. The standard InChI is InChI=1S/C16H21N3O3S/c1-21-10-9-17-7-8-18-15(20)14-11-19-16(23-14)12-3-5-13(22-2)6-4-12/h3-6,11,17H,7-10H2,1-2H3,(H,18,20). The molecule has 0 aliphatic heterocycles. The molecule has 23 heavy (non-hydrogen) atoms. The Balaban J connectivity index is 1.84. The normalized spacial score (nSPS) is 10.5. The van der Waals surface area contributed by atoms with Crippen molar-refractivity contribution in [1.29, 1.82) is 0 Å². The fraction of sp³-hybridized carbons (Fsp3) is 0.375. The van der Waals surface area contributed by atoms with Crippen LogP contribution in [0.5, 0.6) is 5.75 Å². The third-order valence-corrected chi connectivity index (χ3v) is 4.18. The van der Waals surface area contributed by atoms with Crippen LogP contribution in [0.3, 0.4) is 0 Å². The minimum Gasteiger partial charge on any atom is -0.497 e. The average Bonchev–Trinajstić information content (AvgIpc) is 3.08. The van der Waals surface area contributed by atoms with E-state index in [0.717, 1.165) is 22.9 Å². The van der Waals surface area contributed by atoms with Gasteiger partial charge in [0.2, 0.25) is 0 Å². The quantitative estimate of drug-likeness (QED) is 0.684. The van der Waals surface area contributed by atoms with E-state index in [0.29, 0.717) is 24.6 Å². The number of amides is 1. The molecule has 0 aliphatic carbocycles. The summed E-state index contributed by atoms with van der Waals surface area (Å²) in [5.41, 5.74) is 0.969. The molecule has 124 valence electrons. The predicted molar refractivity (Wildman–Crippen MR) is 91.2 cm³/mol. The van der Waals surface area contributed by atoms with Crippen molar-refractivity contribution in [3.8, 4) is 16.3 Å². The molecular formula is C16H21N3O3S. The molecule has 1 aromatic carbocycles. The van der Waals surface area contributed by atoms with Gasteiger partial charge in [-0.15, -0.1) is 11.3 Å². The van der Waals surface area contributed by atoms with E-state index in [-0.39, 0.29) is 5.91 Å². The summed E-state index contributed by atoms with van der Waals surface area (Å²) in [5, 5.41) is 6.85. The zero-order valence-corrected chi connectivity index (χ0v) is 14.1. The Bertz CT molecular complexity index is 613. The minimum absolute atomic E-state index is 0.101. The van der Waals surface area contributed by atoms with Gasteiger partial charge in [0.25, 0.3) is 5.91 Å². The number of rotatable bonds is 9. The van der Waals surface area contributed by atoms with Crippen molar-refractivity contribution >= 4 is 17.2 Å². The lowest BCUT2D eigenvalue weighted by Gasteiger charge is -2.05. The van der Waals surface area contributed by atoms with E-state index in [1.54, 1.807) is 20.4 Å². The Morgan fingerprint density at radius 3 is 2.65 bits per heavy atom. The van der Waals surface area contributed by atoms with Gasteiger partial charge in [0.15, 0.2) is 0 Å². The number of methoxy groups -OCH3 is 2. The van der Waals surface area contributed by atoms with Crippen LogP contribution >= 0.6 is 11.3 Å². The molecule has 0 saturated carbocycles. The van der Waals surface area contributed by atoms with Gasteiger partial charge in [-0.1, -0.05) is 0 Å². The van der Waals surface area contributed by atoms with Crippen molar-refractivity contribution in [1.82, 2.24) is 15.6 Å². The summed E-state index contributed by atoms with van der Waals surface area (Å²) in [5.74, 6) is 0.694. The molecule has 6 nitrogen and oxygen atoms in total. The first-order valence-corrected chi connectivity index (χ1v) is 8.14. The van der Waals surface area contributed by atoms with Gasteiger partial charge in [-0.2, -0.15) is 0 Å². The highest BCUT2D eigenvalue weighted by Crippen LogP contribution is 2.26. The van der Waals surface area contributed by atoms with Crippen molar-refractivity contribution < 1.29 is 14.3 Å². The summed E-state index contributed by atoms with van der Waals surface area (Å²) in [6.45, 7) is 2.71. The highest BCUT2D eigenvalue weighted by Gasteiger charge is 2.11. The van der Waals surface area contributed by atoms with Gasteiger partial charge in [-0.25, -0.2) is 4.98 Å². The van der Waals surface area contributed by atoms with E-state index in [4.69, 9.17) is 9.47 Å². The summed E-state index contributed by atoms with van der Waals surface area (Å²) in [7, 11) is 3.29. The van der Waals surface area contributed by atoms with Crippen LogP contribution in [0.4, 0.5) is 0 Å². The number of nitrogens with zero attached hydrogens (tertiary/aromatic N) is 1. The molecule has 0 spiro atoms. The first-order chi connectivity index (χ1) is 11.2. The highest BCUT2D eigenvalue weighted by molar-refractivity contribution is 7.16. The smallest absolute Gasteiger partial charge is 0.263 e. The molecule has 1 aromatic heterocycles. The Morgan fingerprint density at radius 2 is 1.96 bits per heavy atom. The monoisotopic (exact) mass is 335 g/mol. The molecule has 0 saturated heterocycles. The lowest BCUT2D eigenvalue weighted by molar-refractivity contribution is 0.0957. The van der Waals surface area contributed by atoms with Gasteiger partial charge in [0, 0.05) is 32.3 Å². The minimum atomic E-state index is -0.101. The SMILES string of the molecule is COCCNCCNC(=O)c1cnc(-c2ccc(OC)cc2)s1. The van der Waals surface area contributed by atoms with Crippen LogP contribution in [0.1, 0.15) is 9.67 Å². The molecule has 2 aromatic rings. The summed E-state index contributed by atoms with van der Waals surface area (Å²) in [6.07, 6.45) is 1.61. The summed E-state index contributed by atoms with van der Waals surface area (Å²) in [6, 6.07) is 7.61. The number of aromatic nitrogens is 1. The molecule has 1 amide bonds. The maximum Gasteiger partial charge on any atom is 0.263 e. The first-order valence-electron chi connectivity index (χ1n) is 7.32. The third-order valence-electron chi connectivity index (χ3n) is 3.14. The van der Waals surface area contributed by atoms with Crippen LogP contribution in [-0.4, -0.2) is 51.4 Å². The lowest BCUT2D eigenvalue weighted by Crippen LogP contribution is -2.32. The van der Waals surface area contributed by atoms with Gasteiger partial charge in [0.05, 0.1) is 19.9 Å². The van der Waals surface area contributed by atoms with Crippen molar-refractivity contribution in [3.05, 3.63) is 35.3 Å². The van der Waals surface area contributed by atoms with Crippen molar-refractivity contribution in [3.63, 3.8) is 0 Å². The first kappa shape index (κ1) is 17.4. The fourth-order valence-electron chi connectivity index (χ4n) is 1.90. The second kappa shape index (κ2) is 9.24. The zero-order chi connectivity index (χ0) is 16.5. The number of hydrogen-bond acceptors (Lipinski definition) is 6. The lowest BCUT2D eigenvalue weighted by atomic mass is 10.2. The van der Waals surface area contributed by atoms with Crippen molar-refractivity contribution in [2.75, 3.05) is 40.5 Å². The molecule has 0 bridgehead atoms. The molecule has 0 fully saturated rings. The Morgan fingerprint density at radius 1 is 1.17 bits per heavy atom. The zero-order valence-electron chi connectivity index (χ0n) is 13.3. The molecule has 0 radical (unpaired) electrons. The molecule has 1 heterocycles. The van der Waals surface area contributed by atoms with E-state index in [1.807, 2.05) is 24.3 Å². The van der Waals surface area contributed by atoms with E-state index in [2.05, 4.69) is 15.6 Å². The molecule has 0 unspecified atom stereocenters. The van der Waals surface area contributed by atoms with Crippen LogP contribution in [0, 0.1) is 0 Å². The third kappa shape index (κ3) is 5.31. The van der Waals surface area contributed by atoms with Crippen LogP contribution in [-0.2, 0) is 4.74 Å². The Hall–Kier alpha value is -1.96. The number of ether oxygens (including phenoxy) is 2. The number of carbonyl (C=O) groups excluding carboxylic acids is 1. The highest BCUT2D eigenvalue weighted by atomic mass is 32.1. The summed E-state index contributed by atoms with van der Waals surface area (Å²) >= 11 is 1.38. The van der Waals surface area contributed by atoms with Gasteiger partial charge in [-0.3, -0.25) is 4.79 Å². The molecule has 2 N–H and O–H groups in total. The maximum absolute atomic E-state index is 12.1.